The van der Waals surface area contributed by atoms with Crippen molar-refractivity contribution in [1.82, 2.24) is 20.2 Å². The van der Waals surface area contributed by atoms with Gasteiger partial charge in [0.15, 0.2) is 5.96 Å². The third-order valence-corrected chi connectivity index (χ3v) is 4.67. The zero-order valence-electron chi connectivity index (χ0n) is 18.6. The van der Waals surface area contributed by atoms with Gasteiger partial charge in [0.1, 0.15) is 5.82 Å². The number of aromatic nitrogens is 2. The van der Waals surface area contributed by atoms with E-state index >= 15 is 0 Å². The van der Waals surface area contributed by atoms with Gasteiger partial charge in [-0.3, -0.25) is 4.99 Å². The Bertz CT molecular complexity index is 934. The van der Waals surface area contributed by atoms with Crippen molar-refractivity contribution in [1.29, 1.82) is 0 Å². The number of H-pyrrole nitrogens is 1. The Kier molecular flexibility index (Phi) is 11.2. The first-order valence-electron chi connectivity index (χ1n) is 10.5. The van der Waals surface area contributed by atoms with E-state index < -0.39 is 6.10 Å². The van der Waals surface area contributed by atoms with Crippen LogP contribution in [0.5, 0.6) is 0 Å². The molecule has 0 spiro atoms. The molecule has 8 heteroatoms. The smallest absolute Gasteiger partial charge is 0.194 e. The van der Waals surface area contributed by atoms with Crippen molar-refractivity contribution in [2.24, 2.45) is 4.99 Å². The molecular weight excluding hydrogens is 517 g/mol. The molecule has 0 aliphatic carbocycles. The predicted octanol–water partition coefficient (Wildman–Crippen LogP) is 3.67. The second kappa shape index (κ2) is 13.9. The van der Waals surface area contributed by atoms with Crippen LogP contribution in [0.4, 0.5) is 0 Å². The van der Waals surface area contributed by atoms with Crippen LogP contribution in [0.1, 0.15) is 18.3 Å². The molecule has 3 N–H and O–H groups in total. The summed E-state index contributed by atoms with van der Waals surface area (Å²) in [5.74, 6) is 1.56. The van der Waals surface area contributed by atoms with Crippen LogP contribution < -0.4 is 5.32 Å². The van der Waals surface area contributed by atoms with Gasteiger partial charge in [-0.05, 0) is 18.1 Å². The van der Waals surface area contributed by atoms with E-state index in [9.17, 15) is 5.11 Å². The molecule has 0 aliphatic rings. The first kappa shape index (κ1) is 25.8. The molecule has 0 aliphatic heterocycles. The number of aliphatic imine (C=N–C) groups is 1. The van der Waals surface area contributed by atoms with Crippen LogP contribution in [0.3, 0.4) is 0 Å². The van der Waals surface area contributed by atoms with E-state index in [4.69, 9.17) is 4.74 Å². The summed E-state index contributed by atoms with van der Waals surface area (Å²) >= 11 is 0. The van der Waals surface area contributed by atoms with Gasteiger partial charge >= 0.3 is 0 Å². The number of hydrogen-bond acceptors (Lipinski definition) is 4. The van der Waals surface area contributed by atoms with Crippen LogP contribution >= 0.6 is 24.0 Å². The summed E-state index contributed by atoms with van der Waals surface area (Å²) in [5.41, 5.74) is 3.17. The van der Waals surface area contributed by atoms with E-state index in [0.29, 0.717) is 19.1 Å². The Balaban J connectivity index is 0.00000363. The highest BCUT2D eigenvalue weighted by molar-refractivity contribution is 14.0. The van der Waals surface area contributed by atoms with Crippen molar-refractivity contribution in [2.75, 3.05) is 26.7 Å². The maximum Gasteiger partial charge on any atom is 0.194 e. The van der Waals surface area contributed by atoms with E-state index in [1.54, 1.807) is 0 Å². The van der Waals surface area contributed by atoms with Gasteiger partial charge in [-0.15, -0.1) is 24.0 Å². The molecule has 2 aromatic carbocycles. The number of nitrogens with one attached hydrogen (secondary N) is 2. The van der Waals surface area contributed by atoms with Crippen LogP contribution in [0, 0.1) is 0 Å². The number of benzene rings is 2. The summed E-state index contributed by atoms with van der Waals surface area (Å²) in [6.45, 7) is 4.29. The number of guanidine groups is 1. The maximum absolute atomic E-state index is 10.2. The highest BCUT2D eigenvalue weighted by atomic mass is 127. The van der Waals surface area contributed by atoms with E-state index in [1.165, 1.54) is 0 Å². The van der Waals surface area contributed by atoms with E-state index in [2.05, 4.69) is 20.3 Å². The maximum atomic E-state index is 10.2. The minimum atomic E-state index is -0.668. The average molecular weight is 549 g/mol. The number of aromatic amines is 1. The Hall–Kier alpha value is -2.43. The van der Waals surface area contributed by atoms with Crippen molar-refractivity contribution in [2.45, 2.75) is 26.2 Å². The molecule has 1 aromatic heterocycles. The van der Waals surface area contributed by atoms with Crippen molar-refractivity contribution < 1.29 is 9.84 Å². The van der Waals surface area contributed by atoms with E-state index in [1.807, 2.05) is 85.7 Å². The quantitative estimate of drug-likeness (QED) is 0.204. The van der Waals surface area contributed by atoms with Gasteiger partial charge in [0.25, 0.3) is 0 Å². The Labute approximate surface area is 207 Å². The zero-order chi connectivity index (χ0) is 21.9. The lowest BCUT2D eigenvalue weighted by atomic mass is 10.2. The number of rotatable bonds is 10. The highest BCUT2D eigenvalue weighted by Crippen LogP contribution is 2.16. The molecule has 7 nitrogen and oxygen atoms in total. The van der Waals surface area contributed by atoms with Gasteiger partial charge in [0.05, 0.1) is 44.3 Å². The van der Waals surface area contributed by atoms with Gasteiger partial charge < -0.3 is 25.0 Å². The van der Waals surface area contributed by atoms with Crippen molar-refractivity contribution in [3.05, 3.63) is 78.2 Å². The predicted molar refractivity (Wildman–Crippen MR) is 139 cm³/mol. The number of ether oxygens (including phenoxy) is 1. The molecule has 172 valence electrons. The van der Waals surface area contributed by atoms with Gasteiger partial charge in [-0.25, -0.2) is 4.98 Å². The molecule has 1 atom stereocenters. The molecule has 32 heavy (non-hydrogen) atoms. The molecule has 0 amide bonds. The van der Waals surface area contributed by atoms with E-state index in [0.717, 1.165) is 29.2 Å². The molecule has 0 saturated heterocycles. The van der Waals surface area contributed by atoms with Gasteiger partial charge in [-0.1, -0.05) is 60.7 Å². The third kappa shape index (κ3) is 8.25. The first-order chi connectivity index (χ1) is 15.2. The van der Waals surface area contributed by atoms with Crippen LogP contribution in [0.15, 0.2) is 71.9 Å². The molecule has 3 rings (SSSR count). The topological polar surface area (TPSA) is 85.8 Å². The molecular formula is C24H32IN5O2. The number of imidazole rings is 1. The second-order valence-electron chi connectivity index (χ2n) is 7.31. The van der Waals surface area contributed by atoms with Gasteiger partial charge in [-0.2, -0.15) is 0 Å². The average Bonchev–Trinajstić information content (AvgIpc) is 3.26. The second-order valence-corrected chi connectivity index (χ2v) is 7.31. The minimum absolute atomic E-state index is 0. The minimum Gasteiger partial charge on any atom is -0.389 e. The summed E-state index contributed by atoms with van der Waals surface area (Å²) in [7, 11) is 1.95. The number of aliphatic hydroxyl groups is 1. The summed E-state index contributed by atoms with van der Waals surface area (Å²) in [5, 5.41) is 13.5. The first-order valence-corrected chi connectivity index (χ1v) is 10.5. The summed E-state index contributed by atoms with van der Waals surface area (Å²) in [6.07, 6.45) is 1.18. The Morgan fingerprint density at radius 2 is 1.84 bits per heavy atom. The third-order valence-electron chi connectivity index (χ3n) is 4.67. The molecule has 0 saturated carbocycles. The Morgan fingerprint density at radius 1 is 1.16 bits per heavy atom. The summed E-state index contributed by atoms with van der Waals surface area (Å²) in [6, 6.07) is 20.0. The van der Waals surface area contributed by atoms with Crippen LogP contribution in [-0.4, -0.2) is 58.8 Å². The zero-order valence-corrected chi connectivity index (χ0v) is 20.9. The van der Waals surface area contributed by atoms with Gasteiger partial charge in [0.2, 0.25) is 0 Å². The lowest BCUT2D eigenvalue weighted by Crippen LogP contribution is -2.39. The van der Waals surface area contributed by atoms with Crippen molar-refractivity contribution >= 4 is 29.9 Å². The lowest BCUT2D eigenvalue weighted by molar-refractivity contribution is 0.0330. The molecule has 0 radical (unpaired) electrons. The number of hydrogen-bond donors (Lipinski definition) is 3. The lowest BCUT2D eigenvalue weighted by Gasteiger charge is -2.21. The monoisotopic (exact) mass is 549 g/mol. The standard InChI is InChI=1S/C24H31N5O2.HI/c1-3-25-24(27-14-21(30)18-31-17-19-10-6-4-7-11-19)29(2)16-23-26-15-22(28-23)20-12-8-5-9-13-20;/h4-13,15,21,30H,3,14,16-18H2,1-2H3,(H,25,27)(H,26,28);1H. The highest BCUT2D eigenvalue weighted by Gasteiger charge is 2.11. The molecule has 1 unspecified atom stereocenters. The van der Waals surface area contributed by atoms with Crippen LogP contribution in [0.2, 0.25) is 0 Å². The summed E-state index contributed by atoms with van der Waals surface area (Å²) in [4.78, 5) is 14.4. The number of aliphatic hydroxyl groups excluding tert-OH is 1. The van der Waals surface area contributed by atoms with Crippen LogP contribution in [-0.2, 0) is 17.9 Å². The van der Waals surface area contributed by atoms with E-state index in [-0.39, 0.29) is 37.1 Å². The van der Waals surface area contributed by atoms with Crippen LogP contribution in [0.25, 0.3) is 11.3 Å². The SMILES string of the molecule is CCNC(=NCC(O)COCc1ccccc1)N(C)Cc1ncc(-c2ccccc2)[nH]1.I. The normalized spacial score (nSPS) is 12.2. The molecule has 3 aromatic rings. The number of nitrogens with zero attached hydrogens (tertiary/aromatic N) is 3. The molecule has 1 heterocycles. The fourth-order valence-corrected chi connectivity index (χ4v) is 3.11. The number of halogens is 1. The molecule has 0 bridgehead atoms. The fraction of sp³-hybridized carbons (Fsp3) is 0.333. The fourth-order valence-electron chi connectivity index (χ4n) is 3.11. The van der Waals surface area contributed by atoms with Crippen molar-refractivity contribution in [3.63, 3.8) is 0 Å². The van der Waals surface area contributed by atoms with Gasteiger partial charge in [0, 0.05) is 13.6 Å². The summed E-state index contributed by atoms with van der Waals surface area (Å²) < 4.78 is 5.61. The largest absolute Gasteiger partial charge is 0.389 e. The molecule has 0 fully saturated rings. The Morgan fingerprint density at radius 3 is 2.53 bits per heavy atom. The van der Waals surface area contributed by atoms with Crippen molar-refractivity contribution in [3.8, 4) is 11.3 Å².